The van der Waals surface area contributed by atoms with Gasteiger partial charge in [-0.1, -0.05) is 30.3 Å². The van der Waals surface area contributed by atoms with Crippen LogP contribution in [-0.2, 0) is 6.18 Å². The number of allylic oxidation sites excluding steroid dienone is 1. The molecule has 0 spiro atoms. The summed E-state index contributed by atoms with van der Waals surface area (Å²) < 4.78 is 53.5. The lowest BCUT2D eigenvalue weighted by Crippen LogP contribution is -2.09. The van der Waals surface area contributed by atoms with Crippen LogP contribution in [-0.4, -0.2) is 0 Å². The molecular weight excluding hydrogens is 528 g/mol. The van der Waals surface area contributed by atoms with Crippen molar-refractivity contribution in [2.45, 2.75) is 12.1 Å². The van der Waals surface area contributed by atoms with Crippen molar-refractivity contribution in [3.63, 3.8) is 0 Å². The molecule has 0 aliphatic heterocycles. The molecule has 1 unspecified atom stereocenters. The van der Waals surface area contributed by atoms with E-state index in [1.165, 1.54) is 24.3 Å². The highest BCUT2D eigenvalue weighted by molar-refractivity contribution is 6.06. The largest absolute Gasteiger partial charge is 0.416 e. The van der Waals surface area contributed by atoms with Crippen molar-refractivity contribution in [3.05, 3.63) is 112 Å². The maximum absolute atomic E-state index is 14.3. The number of halogens is 4. The molecule has 0 heterocycles. The van der Waals surface area contributed by atoms with Crippen molar-refractivity contribution < 1.29 is 17.6 Å². The average Bonchev–Trinajstić information content (AvgIpc) is 3.44. The zero-order valence-corrected chi connectivity index (χ0v) is 20.9. The lowest BCUT2D eigenvalue weighted by atomic mass is 9.84. The minimum Gasteiger partial charge on any atom is -0.207 e. The lowest BCUT2D eigenvalue weighted by molar-refractivity contribution is -0.137. The van der Waals surface area contributed by atoms with Crippen molar-refractivity contribution >= 4 is 5.57 Å². The molecule has 0 bridgehead atoms. The van der Waals surface area contributed by atoms with E-state index in [-0.39, 0.29) is 5.57 Å². The number of hydrogen-bond acceptors (Lipinski definition) is 4. The highest BCUT2D eigenvalue weighted by Gasteiger charge is 2.38. The SMILES string of the molecule is N#CC(C#N)=C1c2cc(-c3ccc(C(F)(F)F)cc3)ccc2-c2cc3c(cc21)-c1ccc(F)cc1C3C(C#N)C#N. The molecule has 4 aromatic carbocycles. The molecule has 0 saturated heterocycles. The molecule has 0 aromatic heterocycles. The standard InChI is InChI=1S/C33H14F4N4/c34-22-6-8-24-26-12-29-25(11-30(26)32(28(24)10-22)20(15-40)16-41)23-7-3-18(9-27(23)31(29)19(13-38)14-39)17-1-4-21(5-2-17)33(35,36)37/h1-12,20,32H. The van der Waals surface area contributed by atoms with Crippen molar-refractivity contribution in [1.29, 1.82) is 21.0 Å². The Morgan fingerprint density at radius 1 is 0.634 bits per heavy atom. The number of fused-ring (bicyclic) bond motifs is 6. The molecule has 2 aliphatic rings. The molecule has 4 nitrogen and oxygen atoms in total. The quantitative estimate of drug-likeness (QED) is 0.166. The maximum Gasteiger partial charge on any atom is 0.416 e. The Labute approximate surface area is 231 Å². The van der Waals surface area contributed by atoms with Gasteiger partial charge < -0.3 is 0 Å². The van der Waals surface area contributed by atoms with Crippen LogP contribution in [0.1, 0.15) is 33.7 Å². The first kappa shape index (κ1) is 25.6. The average molecular weight is 542 g/mol. The van der Waals surface area contributed by atoms with Crippen molar-refractivity contribution in [3.8, 4) is 57.7 Å². The predicted octanol–water partition coefficient (Wildman–Crippen LogP) is 8.12. The van der Waals surface area contributed by atoms with Gasteiger partial charge in [0.15, 0.2) is 0 Å². The molecule has 0 amide bonds. The Bertz CT molecular complexity index is 1960. The van der Waals surface area contributed by atoms with Crippen LogP contribution in [0.2, 0.25) is 0 Å². The van der Waals surface area contributed by atoms with Gasteiger partial charge in [0.1, 0.15) is 29.4 Å². The van der Waals surface area contributed by atoms with Gasteiger partial charge >= 0.3 is 6.18 Å². The van der Waals surface area contributed by atoms with E-state index in [0.29, 0.717) is 61.2 Å². The summed E-state index contributed by atoms with van der Waals surface area (Å²) in [6.07, 6.45) is -4.47. The van der Waals surface area contributed by atoms with Gasteiger partial charge in [-0.15, -0.1) is 0 Å². The molecule has 0 radical (unpaired) electrons. The fourth-order valence-electron chi connectivity index (χ4n) is 5.85. The van der Waals surface area contributed by atoms with Gasteiger partial charge in [0.25, 0.3) is 0 Å². The number of alkyl halides is 3. The van der Waals surface area contributed by atoms with Gasteiger partial charge in [0, 0.05) is 11.5 Å². The minimum atomic E-state index is -4.47. The van der Waals surface area contributed by atoms with Crippen LogP contribution in [0, 0.1) is 57.1 Å². The molecule has 0 N–H and O–H groups in total. The van der Waals surface area contributed by atoms with E-state index in [1.807, 2.05) is 30.3 Å². The monoisotopic (exact) mass is 542 g/mol. The normalized spacial score (nSPS) is 14.2. The van der Waals surface area contributed by atoms with Crippen LogP contribution in [0.15, 0.2) is 78.4 Å². The van der Waals surface area contributed by atoms with Gasteiger partial charge in [-0.2, -0.15) is 34.2 Å². The third kappa shape index (κ3) is 3.86. The molecular formula is C33H14F4N4. The molecule has 0 saturated carbocycles. The van der Waals surface area contributed by atoms with Crippen molar-refractivity contribution in [2.75, 3.05) is 0 Å². The summed E-state index contributed by atoms with van der Waals surface area (Å²) >= 11 is 0. The molecule has 194 valence electrons. The van der Waals surface area contributed by atoms with Crippen LogP contribution in [0.5, 0.6) is 0 Å². The molecule has 8 heteroatoms. The number of nitriles is 4. The molecule has 0 fully saturated rings. The second-order valence-electron chi connectivity index (χ2n) is 9.74. The fraction of sp³-hybridized carbons (Fsp3) is 0.0909. The van der Waals surface area contributed by atoms with Crippen LogP contribution >= 0.6 is 0 Å². The Morgan fingerprint density at radius 2 is 1.24 bits per heavy atom. The van der Waals surface area contributed by atoms with E-state index in [4.69, 9.17) is 0 Å². The van der Waals surface area contributed by atoms with E-state index >= 15 is 0 Å². The van der Waals surface area contributed by atoms with E-state index in [1.54, 1.807) is 30.3 Å². The lowest BCUT2D eigenvalue weighted by Gasteiger charge is -2.15. The van der Waals surface area contributed by atoms with Crippen molar-refractivity contribution in [2.24, 2.45) is 5.92 Å². The van der Waals surface area contributed by atoms with Gasteiger partial charge in [-0.3, -0.25) is 0 Å². The number of hydrogen-bond donors (Lipinski definition) is 0. The van der Waals surface area contributed by atoms with Crippen LogP contribution < -0.4 is 0 Å². The second kappa shape index (κ2) is 9.20. The van der Waals surface area contributed by atoms with Gasteiger partial charge in [-0.25, -0.2) is 4.39 Å². The minimum absolute atomic E-state index is 0.143. The zero-order chi connectivity index (χ0) is 29.1. The Kier molecular flexibility index (Phi) is 5.74. The summed E-state index contributed by atoms with van der Waals surface area (Å²) in [5.41, 5.74) is 5.58. The number of nitrogens with zero attached hydrogens (tertiary/aromatic N) is 4. The first-order valence-corrected chi connectivity index (χ1v) is 12.3. The fourth-order valence-corrected chi connectivity index (χ4v) is 5.85. The maximum atomic E-state index is 14.3. The second-order valence-corrected chi connectivity index (χ2v) is 9.74. The van der Waals surface area contributed by atoms with Gasteiger partial charge in [0.2, 0.25) is 0 Å². The summed E-state index contributed by atoms with van der Waals surface area (Å²) in [4.78, 5) is 0. The first-order chi connectivity index (χ1) is 19.7. The Morgan fingerprint density at radius 3 is 1.88 bits per heavy atom. The molecule has 41 heavy (non-hydrogen) atoms. The van der Waals surface area contributed by atoms with Gasteiger partial charge in [-0.05, 0) is 98.1 Å². The van der Waals surface area contributed by atoms with Crippen LogP contribution in [0.4, 0.5) is 17.6 Å². The Hall–Kier alpha value is -5.70. The zero-order valence-electron chi connectivity index (χ0n) is 20.9. The number of benzene rings is 4. The molecule has 4 aromatic rings. The van der Waals surface area contributed by atoms with Crippen LogP contribution in [0.3, 0.4) is 0 Å². The summed E-state index contributed by atoms with van der Waals surface area (Å²) in [5, 5.41) is 39.1. The molecule has 1 atom stereocenters. The Balaban J connectivity index is 1.58. The molecule has 6 rings (SSSR count). The highest BCUT2D eigenvalue weighted by atomic mass is 19.4. The summed E-state index contributed by atoms with van der Waals surface area (Å²) in [6, 6.07) is 25.8. The molecule has 2 aliphatic carbocycles. The summed E-state index contributed by atoms with van der Waals surface area (Å²) in [6.45, 7) is 0. The van der Waals surface area contributed by atoms with E-state index in [9.17, 15) is 38.6 Å². The van der Waals surface area contributed by atoms with E-state index in [0.717, 1.165) is 12.1 Å². The summed E-state index contributed by atoms with van der Waals surface area (Å²) in [7, 11) is 0. The number of rotatable bonds is 2. The third-order valence-electron chi connectivity index (χ3n) is 7.64. The van der Waals surface area contributed by atoms with Crippen molar-refractivity contribution in [1.82, 2.24) is 0 Å². The van der Waals surface area contributed by atoms with E-state index in [2.05, 4.69) is 0 Å². The van der Waals surface area contributed by atoms with Gasteiger partial charge in [0.05, 0.1) is 17.7 Å². The first-order valence-electron chi connectivity index (χ1n) is 12.3. The topological polar surface area (TPSA) is 95.2 Å². The van der Waals surface area contributed by atoms with Crippen LogP contribution in [0.25, 0.3) is 39.0 Å². The smallest absolute Gasteiger partial charge is 0.207 e. The third-order valence-corrected chi connectivity index (χ3v) is 7.64. The highest BCUT2D eigenvalue weighted by Crippen LogP contribution is 2.55. The predicted molar refractivity (Wildman–Crippen MR) is 142 cm³/mol. The van der Waals surface area contributed by atoms with E-state index < -0.39 is 29.4 Å². The summed E-state index contributed by atoms with van der Waals surface area (Å²) in [5.74, 6) is -2.28.